The second-order valence-electron chi connectivity index (χ2n) is 5.14. The molecule has 0 spiro atoms. The second-order valence-corrected chi connectivity index (χ2v) is 5.14. The molecule has 0 saturated heterocycles. The summed E-state index contributed by atoms with van der Waals surface area (Å²) in [6, 6.07) is 28.6. The van der Waals surface area contributed by atoms with Crippen LogP contribution in [0.2, 0.25) is 0 Å². The summed E-state index contributed by atoms with van der Waals surface area (Å²) in [5, 5.41) is 3.41. The van der Waals surface area contributed by atoms with Gasteiger partial charge >= 0.3 is 0 Å². The first-order chi connectivity index (χ1) is 10.9. The molecule has 0 unspecified atom stereocenters. The molecule has 0 aliphatic carbocycles. The fraction of sp³-hybridized carbons (Fsp3) is 0.100. The highest BCUT2D eigenvalue weighted by atomic mass is 16.5. The van der Waals surface area contributed by atoms with Gasteiger partial charge < -0.3 is 10.1 Å². The van der Waals surface area contributed by atoms with Crippen molar-refractivity contribution >= 4 is 5.69 Å². The van der Waals surface area contributed by atoms with Gasteiger partial charge in [-0.25, -0.2) is 0 Å². The Morgan fingerprint density at radius 2 is 1.23 bits per heavy atom. The van der Waals surface area contributed by atoms with Gasteiger partial charge in [-0.05, 0) is 35.4 Å². The van der Waals surface area contributed by atoms with Crippen LogP contribution in [0.3, 0.4) is 0 Å². The predicted octanol–water partition coefficient (Wildman–Crippen LogP) is 4.88. The van der Waals surface area contributed by atoms with Gasteiger partial charge in [0.2, 0.25) is 0 Å². The minimum atomic E-state index is 0.594. The number of nitrogens with one attached hydrogen (secondary N) is 1. The largest absolute Gasteiger partial charge is 0.489 e. The Bertz CT molecular complexity index is 615. The van der Waals surface area contributed by atoms with Gasteiger partial charge in [0, 0.05) is 12.2 Å². The van der Waals surface area contributed by atoms with Crippen molar-refractivity contribution in [1.29, 1.82) is 0 Å². The number of para-hydroxylation sites is 2. The second kappa shape index (κ2) is 7.32. The van der Waals surface area contributed by atoms with Gasteiger partial charge in [0.15, 0.2) is 0 Å². The molecule has 0 bridgehead atoms. The van der Waals surface area contributed by atoms with Crippen LogP contribution in [0.25, 0.3) is 0 Å². The van der Waals surface area contributed by atoms with Crippen molar-refractivity contribution in [1.82, 2.24) is 0 Å². The molecular weight excluding hydrogens is 270 g/mol. The van der Waals surface area contributed by atoms with Crippen molar-refractivity contribution < 1.29 is 4.74 Å². The number of hydrogen-bond donors (Lipinski definition) is 1. The first-order valence-electron chi connectivity index (χ1n) is 7.45. The molecule has 3 aromatic rings. The summed E-state index contributed by atoms with van der Waals surface area (Å²) in [5.74, 6) is 0.900. The van der Waals surface area contributed by atoms with Crippen LogP contribution in [0.15, 0.2) is 84.9 Å². The number of benzene rings is 3. The molecular formula is C20H19NO. The van der Waals surface area contributed by atoms with Crippen molar-refractivity contribution in [3.63, 3.8) is 0 Å². The van der Waals surface area contributed by atoms with E-state index in [1.165, 1.54) is 11.1 Å². The third-order valence-electron chi connectivity index (χ3n) is 3.44. The van der Waals surface area contributed by atoms with E-state index in [9.17, 15) is 0 Å². The molecule has 2 nitrogen and oxygen atoms in total. The minimum absolute atomic E-state index is 0.594. The Morgan fingerprint density at radius 1 is 0.636 bits per heavy atom. The molecule has 3 rings (SSSR count). The summed E-state index contributed by atoms with van der Waals surface area (Å²) in [4.78, 5) is 0. The van der Waals surface area contributed by atoms with Gasteiger partial charge in [-0.2, -0.15) is 0 Å². The lowest BCUT2D eigenvalue weighted by Gasteiger charge is -2.08. The highest BCUT2D eigenvalue weighted by Crippen LogP contribution is 2.13. The van der Waals surface area contributed by atoms with Gasteiger partial charge in [0.1, 0.15) is 12.4 Å². The van der Waals surface area contributed by atoms with Crippen molar-refractivity contribution in [2.45, 2.75) is 13.2 Å². The van der Waals surface area contributed by atoms with E-state index < -0.39 is 0 Å². The van der Waals surface area contributed by atoms with Gasteiger partial charge in [-0.1, -0.05) is 60.7 Å². The van der Waals surface area contributed by atoms with E-state index in [0.717, 1.165) is 18.0 Å². The molecule has 1 N–H and O–H groups in total. The van der Waals surface area contributed by atoms with Gasteiger partial charge in [0.05, 0.1) is 0 Å². The molecule has 0 heterocycles. The zero-order valence-corrected chi connectivity index (χ0v) is 12.4. The fourth-order valence-corrected chi connectivity index (χ4v) is 2.20. The number of anilines is 1. The first-order valence-corrected chi connectivity index (χ1v) is 7.45. The van der Waals surface area contributed by atoms with Crippen molar-refractivity contribution in [2.24, 2.45) is 0 Å². The zero-order valence-electron chi connectivity index (χ0n) is 12.4. The van der Waals surface area contributed by atoms with Crippen LogP contribution in [-0.4, -0.2) is 0 Å². The molecule has 0 aliphatic rings. The molecule has 0 radical (unpaired) electrons. The van der Waals surface area contributed by atoms with Gasteiger partial charge in [0.25, 0.3) is 0 Å². The van der Waals surface area contributed by atoms with E-state index in [4.69, 9.17) is 4.74 Å². The molecule has 2 heteroatoms. The lowest BCUT2D eigenvalue weighted by Crippen LogP contribution is -2.00. The molecule has 0 atom stereocenters. The SMILES string of the molecule is c1ccc(NCc2ccc(COc3ccccc3)cc2)cc1. The molecule has 22 heavy (non-hydrogen) atoms. The highest BCUT2D eigenvalue weighted by Gasteiger charge is 1.97. The Labute approximate surface area is 131 Å². The molecule has 3 aromatic carbocycles. The lowest BCUT2D eigenvalue weighted by molar-refractivity contribution is 0.306. The summed E-state index contributed by atoms with van der Waals surface area (Å²) in [5.41, 5.74) is 3.57. The maximum absolute atomic E-state index is 5.75. The third-order valence-corrected chi connectivity index (χ3v) is 3.44. The predicted molar refractivity (Wildman–Crippen MR) is 91.0 cm³/mol. The van der Waals surface area contributed by atoms with E-state index >= 15 is 0 Å². The molecule has 0 amide bonds. The molecule has 0 aliphatic heterocycles. The monoisotopic (exact) mass is 289 g/mol. The minimum Gasteiger partial charge on any atom is -0.489 e. The van der Waals surface area contributed by atoms with E-state index in [0.29, 0.717) is 6.61 Å². The average Bonchev–Trinajstić information content (AvgIpc) is 2.61. The number of rotatable bonds is 6. The van der Waals surface area contributed by atoms with Gasteiger partial charge in [-0.15, -0.1) is 0 Å². The van der Waals surface area contributed by atoms with Crippen LogP contribution in [0.1, 0.15) is 11.1 Å². The molecule has 0 aromatic heterocycles. The van der Waals surface area contributed by atoms with Crippen molar-refractivity contribution in [3.05, 3.63) is 96.1 Å². The topological polar surface area (TPSA) is 21.3 Å². The van der Waals surface area contributed by atoms with E-state index in [1.54, 1.807) is 0 Å². The Hall–Kier alpha value is -2.74. The Kier molecular flexibility index (Phi) is 4.73. The Balaban J connectivity index is 1.52. The zero-order chi connectivity index (χ0) is 15.0. The fourth-order valence-electron chi connectivity index (χ4n) is 2.20. The Morgan fingerprint density at radius 3 is 1.91 bits per heavy atom. The average molecular weight is 289 g/mol. The number of ether oxygens (including phenoxy) is 1. The normalized spacial score (nSPS) is 10.2. The van der Waals surface area contributed by atoms with Crippen LogP contribution in [0, 0.1) is 0 Å². The smallest absolute Gasteiger partial charge is 0.119 e. The molecule has 110 valence electrons. The third kappa shape index (κ3) is 4.13. The summed E-state index contributed by atoms with van der Waals surface area (Å²) in [6.45, 7) is 1.42. The van der Waals surface area contributed by atoms with Crippen LogP contribution in [0.4, 0.5) is 5.69 Å². The maximum Gasteiger partial charge on any atom is 0.119 e. The van der Waals surface area contributed by atoms with E-state index in [2.05, 4.69) is 41.7 Å². The van der Waals surface area contributed by atoms with Crippen molar-refractivity contribution in [3.8, 4) is 5.75 Å². The van der Waals surface area contributed by atoms with Crippen LogP contribution >= 0.6 is 0 Å². The van der Waals surface area contributed by atoms with Gasteiger partial charge in [-0.3, -0.25) is 0 Å². The number of hydrogen-bond acceptors (Lipinski definition) is 2. The standard InChI is InChI=1S/C20H19NO/c1-3-7-19(8-4-1)21-15-17-11-13-18(14-12-17)16-22-20-9-5-2-6-10-20/h1-14,21H,15-16H2. The summed E-state index contributed by atoms with van der Waals surface area (Å²) in [7, 11) is 0. The van der Waals surface area contributed by atoms with Crippen molar-refractivity contribution in [2.75, 3.05) is 5.32 Å². The lowest BCUT2D eigenvalue weighted by atomic mass is 10.1. The van der Waals surface area contributed by atoms with E-state index in [1.807, 2.05) is 48.5 Å². The van der Waals surface area contributed by atoms with Crippen LogP contribution in [-0.2, 0) is 13.2 Å². The quantitative estimate of drug-likeness (QED) is 0.698. The van der Waals surface area contributed by atoms with E-state index in [-0.39, 0.29) is 0 Å². The summed E-state index contributed by atoms with van der Waals surface area (Å²) >= 11 is 0. The highest BCUT2D eigenvalue weighted by molar-refractivity contribution is 5.43. The van der Waals surface area contributed by atoms with Crippen LogP contribution in [0.5, 0.6) is 5.75 Å². The van der Waals surface area contributed by atoms with Crippen LogP contribution < -0.4 is 10.1 Å². The maximum atomic E-state index is 5.75. The summed E-state index contributed by atoms with van der Waals surface area (Å²) < 4.78 is 5.75. The molecule has 0 fully saturated rings. The first kappa shape index (κ1) is 14.2. The molecule has 0 saturated carbocycles. The summed E-state index contributed by atoms with van der Waals surface area (Å²) in [6.07, 6.45) is 0.